The van der Waals surface area contributed by atoms with Crippen LogP contribution in [0.3, 0.4) is 0 Å². The Kier molecular flexibility index (Phi) is 5.43. The van der Waals surface area contributed by atoms with Crippen LogP contribution in [0.25, 0.3) is 0 Å². The quantitative estimate of drug-likeness (QED) is 0.634. The van der Waals surface area contributed by atoms with Crippen molar-refractivity contribution in [2.24, 2.45) is 16.7 Å². The summed E-state index contributed by atoms with van der Waals surface area (Å²) < 4.78 is 0. The van der Waals surface area contributed by atoms with Gasteiger partial charge >= 0.3 is 0 Å². The van der Waals surface area contributed by atoms with Gasteiger partial charge in [0.25, 0.3) is 0 Å². The molecule has 3 fully saturated rings. The van der Waals surface area contributed by atoms with Crippen molar-refractivity contribution in [1.82, 2.24) is 9.80 Å². The minimum Gasteiger partial charge on any atom is -0.302 e. The molecule has 2 aliphatic heterocycles. The fourth-order valence-electron chi connectivity index (χ4n) is 5.39. The molecule has 0 radical (unpaired) electrons. The molecular formula is C21H40N2. The van der Waals surface area contributed by atoms with E-state index < -0.39 is 0 Å². The highest BCUT2D eigenvalue weighted by Crippen LogP contribution is 2.54. The van der Waals surface area contributed by atoms with Gasteiger partial charge in [0.2, 0.25) is 0 Å². The third-order valence-corrected chi connectivity index (χ3v) is 7.22. The van der Waals surface area contributed by atoms with Gasteiger partial charge in [0, 0.05) is 25.7 Å². The minimum absolute atomic E-state index is 0.703. The summed E-state index contributed by atoms with van der Waals surface area (Å²) in [5.74, 6) is 0.993. The van der Waals surface area contributed by atoms with E-state index in [4.69, 9.17) is 0 Å². The second-order valence-electron chi connectivity index (χ2n) is 9.54. The number of likely N-dealkylation sites (tertiary alicyclic amines) is 2. The Morgan fingerprint density at radius 1 is 0.957 bits per heavy atom. The molecule has 1 aliphatic carbocycles. The average Bonchev–Trinajstić information content (AvgIpc) is 3.25. The monoisotopic (exact) mass is 320 g/mol. The van der Waals surface area contributed by atoms with Gasteiger partial charge in [0.15, 0.2) is 0 Å². The van der Waals surface area contributed by atoms with Gasteiger partial charge in [0.05, 0.1) is 0 Å². The number of rotatable bonds is 8. The average molecular weight is 321 g/mol. The Hall–Kier alpha value is -0.0800. The van der Waals surface area contributed by atoms with Gasteiger partial charge in [-0.1, -0.05) is 33.1 Å². The van der Waals surface area contributed by atoms with Gasteiger partial charge in [-0.05, 0) is 75.8 Å². The van der Waals surface area contributed by atoms with Crippen molar-refractivity contribution in [3.63, 3.8) is 0 Å². The molecule has 2 heteroatoms. The van der Waals surface area contributed by atoms with E-state index in [0.29, 0.717) is 5.41 Å². The molecule has 1 saturated carbocycles. The molecule has 1 unspecified atom stereocenters. The van der Waals surface area contributed by atoms with Crippen molar-refractivity contribution in [3.05, 3.63) is 0 Å². The first-order valence-corrected chi connectivity index (χ1v) is 10.5. The molecule has 23 heavy (non-hydrogen) atoms. The van der Waals surface area contributed by atoms with Crippen molar-refractivity contribution in [2.45, 2.75) is 85.1 Å². The van der Waals surface area contributed by atoms with E-state index >= 15 is 0 Å². The molecule has 0 amide bonds. The smallest absolute Gasteiger partial charge is 0.00517 e. The Morgan fingerprint density at radius 3 is 2.09 bits per heavy atom. The summed E-state index contributed by atoms with van der Waals surface area (Å²) in [5.41, 5.74) is 1.44. The Morgan fingerprint density at radius 2 is 1.61 bits per heavy atom. The van der Waals surface area contributed by atoms with Crippen LogP contribution in [0.15, 0.2) is 0 Å². The zero-order valence-corrected chi connectivity index (χ0v) is 16.2. The van der Waals surface area contributed by atoms with Crippen LogP contribution >= 0.6 is 0 Å². The lowest BCUT2D eigenvalue weighted by Gasteiger charge is -2.55. The van der Waals surface area contributed by atoms with E-state index in [1.54, 1.807) is 0 Å². The summed E-state index contributed by atoms with van der Waals surface area (Å²) in [6, 6.07) is 0.739. The van der Waals surface area contributed by atoms with Crippen LogP contribution in [0.1, 0.15) is 79.1 Å². The predicted octanol–water partition coefficient (Wildman–Crippen LogP) is 4.79. The van der Waals surface area contributed by atoms with Crippen LogP contribution in [0.2, 0.25) is 0 Å². The zero-order valence-electron chi connectivity index (χ0n) is 16.2. The highest BCUT2D eigenvalue weighted by Gasteiger charge is 2.50. The molecule has 1 atom stereocenters. The topological polar surface area (TPSA) is 6.48 Å². The second-order valence-corrected chi connectivity index (χ2v) is 9.54. The summed E-state index contributed by atoms with van der Waals surface area (Å²) in [7, 11) is 0. The second kappa shape index (κ2) is 7.04. The first-order chi connectivity index (χ1) is 11.0. The number of hydrogen-bond acceptors (Lipinski definition) is 2. The zero-order chi connectivity index (χ0) is 16.5. The molecule has 2 nitrogen and oxygen atoms in total. The van der Waals surface area contributed by atoms with Crippen LogP contribution in [0.4, 0.5) is 0 Å². The fourth-order valence-corrected chi connectivity index (χ4v) is 5.39. The van der Waals surface area contributed by atoms with Crippen molar-refractivity contribution in [2.75, 3.05) is 32.7 Å². The summed E-state index contributed by atoms with van der Waals surface area (Å²) in [4.78, 5) is 5.49. The maximum Gasteiger partial charge on any atom is 0.00517 e. The van der Waals surface area contributed by atoms with Gasteiger partial charge in [-0.15, -0.1) is 0 Å². The number of nitrogens with zero attached hydrogens (tertiary/aromatic N) is 2. The molecule has 0 N–H and O–H groups in total. The summed E-state index contributed by atoms with van der Waals surface area (Å²) in [5, 5.41) is 0. The first kappa shape index (κ1) is 17.7. The number of hydrogen-bond donors (Lipinski definition) is 0. The van der Waals surface area contributed by atoms with Gasteiger partial charge in [-0.3, -0.25) is 0 Å². The molecule has 0 aromatic rings. The Labute approximate surface area is 145 Å². The molecule has 134 valence electrons. The van der Waals surface area contributed by atoms with E-state index in [-0.39, 0.29) is 0 Å². The summed E-state index contributed by atoms with van der Waals surface area (Å²) >= 11 is 0. The summed E-state index contributed by atoms with van der Waals surface area (Å²) in [6.07, 6.45) is 11.6. The van der Waals surface area contributed by atoms with E-state index in [0.717, 1.165) is 17.4 Å². The van der Waals surface area contributed by atoms with Crippen LogP contribution < -0.4 is 0 Å². The summed E-state index contributed by atoms with van der Waals surface area (Å²) in [6.45, 7) is 16.4. The molecule has 2 heterocycles. The van der Waals surface area contributed by atoms with Crippen molar-refractivity contribution in [3.8, 4) is 0 Å². The largest absolute Gasteiger partial charge is 0.302 e. The van der Waals surface area contributed by atoms with Crippen LogP contribution in [0.5, 0.6) is 0 Å². The molecule has 3 rings (SSSR count). The van der Waals surface area contributed by atoms with Gasteiger partial charge in [0.1, 0.15) is 0 Å². The van der Waals surface area contributed by atoms with Gasteiger partial charge < -0.3 is 9.80 Å². The lowest BCUT2D eigenvalue weighted by molar-refractivity contribution is -0.0613. The Balaban J connectivity index is 1.42. The maximum atomic E-state index is 2.82. The maximum absolute atomic E-state index is 2.82. The lowest BCUT2D eigenvalue weighted by atomic mass is 9.71. The van der Waals surface area contributed by atoms with Crippen molar-refractivity contribution >= 4 is 0 Å². The molecule has 0 aromatic carbocycles. The lowest BCUT2D eigenvalue weighted by Crippen LogP contribution is -2.61. The third-order valence-electron chi connectivity index (χ3n) is 7.22. The fraction of sp³-hybridized carbons (Fsp3) is 1.00. The van der Waals surface area contributed by atoms with Gasteiger partial charge in [-0.25, -0.2) is 0 Å². The normalized spacial score (nSPS) is 28.0. The van der Waals surface area contributed by atoms with E-state index in [2.05, 4.69) is 37.5 Å². The van der Waals surface area contributed by atoms with Crippen LogP contribution in [-0.2, 0) is 0 Å². The van der Waals surface area contributed by atoms with Gasteiger partial charge in [-0.2, -0.15) is 0 Å². The predicted molar refractivity (Wildman–Crippen MR) is 99.8 cm³/mol. The van der Waals surface area contributed by atoms with E-state index in [1.165, 1.54) is 84.1 Å². The molecule has 3 aliphatic rings. The van der Waals surface area contributed by atoms with Crippen molar-refractivity contribution < 1.29 is 0 Å². The molecule has 0 bridgehead atoms. The van der Waals surface area contributed by atoms with Crippen molar-refractivity contribution in [1.29, 1.82) is 0 Å². The molecular weight excluding hydrogens is 280 g/mol. The third kappa shape index (κ3) is 4.12. The molecule has 1 spiro atoms. The standard InChI is InChI=1S/C21H40N2/c1-5-7-19(6-2)14-20(8-9-20)15-22-16-21(17-22)10-12-23(13-11-21)18(3)4/h18-19H,5-17H2,1-4H3. The van der Waals surface area contributed by atoms with E-state index in [9.17, 15) is 0 Å². The minimum atomic E-state index is 0.703. The van der Waals surface area contributed by atoms with Crippen LogP contribution in [-0.4, -0.2) is 48.6 Å². The van der Waals surface area contributed by atoms with E-state index in [1.807, 2.05) is 0 Å². The molecule has 2 saturated heterocycles. The SMILES string of the molecule is CCCC(CC)CC1(CN2CC3(CCN(C(C)C)CC3)C2)CC1. The van der Waals surface area contributed by atoms with Crippen LogP contribution in [0, 0.1) is 16.7 Å². The highest BCUT2D eigenvalue weighted by atomic mass is 15.2. The highest BCUT2D eigenvalue weighted by molar-refractivity contribution is 5.04. The Bertz CT molecular complexity index is 369. The number of piperidine rings is 1. The first-order valence-electron chi connectivity index (χ1n) is 10.5. The molecule has 0 aromatic heterocycles.